The van der Waals surface area contributed by atoms with Crippen LogP contribution in [0.3, 0.4) is 0 Å². The van der Waals surface area contributed by atoms with E-state index in [0.29, 0.717) is 32.7 Å². The van der Waals surface area contributed by atoms with E-state index in [1.165, 1.54) is 0 Å². The van der Waals surface area contributed by atoms with Crippen molar-refractivity contribution < 1.29 is 4.79 Å². The molecule has 0 aromatic heterocycles. The Kier molecular flexibility index (Phi) is 6.65. The van der Waals surface area contributed by atoms with Gasteiger partial charge >= 0.3 is 0 Å². The predicted molar refractivity (Wildman–Crippen MR) is 74.0 cm³/mol. The lowest BCUT2D eigenvalue weighted by Crippen LogP contribution is -2.53. The number of amides is 1. The summed E-state index contributed by atoms with van der Waals surface area (Å²) in [5.74, 6) is 0.234. The van der Waals surface area contributed by atoms with Crippen molar-refractivity contribution in [1.82, 2.24) is 14.7 Å². The summed E-state index contributed by atoms with van der Waals surface area (Å²) in [6, 6.07) is 0. The molecule has 0 aliphatic carbocycles. The molecule has 0 radical (unpaired) electrons. The molecule has 1 heterocycles. The van der Waals surface area contributed by atoms with Gasteiger partial charge in [-0.05, 0) is 14.1 Å². The molecular formula is C9H20IN5O. The SMILES string of the molecule is CN(C)CC(=O)N1CCN(C(=N)N)CC1.I. The van der Waals surface area contributed by atoms with Crippen LogP contribution in [0.1, 0.15) is 0 Å². The number of hydrogen-bond donors (Lipinski definition) is 2. The number of carbonyl (C=O) groups excluding carboxylic acids is 1. The van der Waals surface area contributed by atoms with Crippen LogP contribution in [0.15, 0.2) is 0 Å². The first-order valence-corrected chi connectivity index (χ1v) is 5.02. The van der Waals surface area contributed by atoms with Gasteiger partial charge in [0.15, 0.2) is 5.96 Å². The molecule has 0 bridgehead atoms. The van der Waals surface area contributed by atoms with E-state index in [2.05, 4.69) is 0 Å². The third kappa shape index (κ3) is 4.52. The van der Waals surface area contributed by atoms with Crippen LogP contribution in [0.25, 0.3) is 0 Å². The van der Waals surface area contributed by atoms with E-state index >= 15 is 0 Å². The summed E-state index contributed by atoms with van der Waals surface area (Å²) in [6.07, 6.45) is 0. The van der Waals surface area contributed by atoms with Gasteiger partial charge in [0, 0.05) is 26.2 Å². The number of nitrogens with one attached hydrogen (secondary N) is 1. The number of likely N-dealkylation sites (N-methyl/N-ethyl adjacent to an activating group) is 1. The Morgan fingerprint density at radius 1 is 1.25 bits per heavy atom. The first-order chi connectivity index (χ1) is 7.00. The number of nitrogens with two attached hydrogens (primary N) is 1. The zero-order chi connectivity index (χ0) is 11.4. The molecule has 1 amide bonds. The molecule has 16 heavy (non-hydrogen) atoms. The smallest absolute Gasteiger partial charge is 0.236 e. The number of nitrogens with zero attached hydrogens (tertiary/aromatic N) is 3. The van der Waals surface area contributed by atoms with Crippen LogP contribution in [0.4, 0.5) is 0 Å². The minimum Gasteiger partial charge on any atom is -0.370 e. The lowest BCUT2D eigenvalue weighted by Gasteiger charge is -2.35. The van der Waals surface area contributed by atoms with Gasteiger partial charge in [0.1, 0.15) is 0 Å². The molecule has 0 atom stereocenters. The van der Waals surface area contributed by atoms with Crippen molar-refractivity contribution in [2.45, 2.75) is 0 Å². The zero-order valence-corrected chi connectivity index (χ0v) is 12.1. The van der Waals surface area contributed by atoms with Crippen molar-refractivity contribution in [3.8, 4) is 0 Å². The Morgan fingerprint density at radius 3 is 2.06 bits per heavy atom. The minimum atomic E-state index is 0. The van der Waals surface area contributed by atoms with Gasteiger partial charge in [-0.3, -0.25) is 10.2 Å². The normalized spacial score (nSPS) is 15.9. The quantitative estimate of drug-likeness (QED) is 0.392. The molecule has 1 saturated heterocycles. The summed E-state index contributed by atoms with van der Waals surface area (Å²) in [5, 5.41) is 7.27. The fraction of sp³-hybridized carbons (Fsp3) is 0.778. The van der Waals surface area contributed by atoms with Gasteiger partial charge in [0.25, 0.3) is 0 Å². The molecule has 6 nitrogen and oxygen atoms in total. The highest BCUT2D eigenvalue weighted by Gasteiger charge is 2.21. The van der Waals surface area contributed by atoms with Crippen LogP contribution in [0, 0.1) is 5.41 Å². The molecule has 3 N–H and O–H groups in total. The molecule has 0 aromatic carbocycles. The average Bonchev–Trinajstić information content (AvgIpc) is 2.17. The van der Waals surface area contributed by atoms with E-state index in [4.69, 9.17) is 11.1 Å². The largest absolute Gasteiger partial charge is 0.370 e. The van der Waals surface area contributed by atoms with Crippen LogP contribution in [0.5, 0.6) is 0 Å². The van der Waals surface area contributed by atoms with Gasteiger partial charge in [-0.15, -0.1) is 24.0 Å². The van der Waals surface area contributed by atoms with Gasteiger partial charge < -0.3 is 20.4 Å². The third-order valence-electron chi connectivity index (χ3n) is 2.42. The lowest BCUT2D eigenvalue weighted by atomic mass is 10.3. The molecule has 7 heteroatoms. The van der Waals surface area contributed by atoms with E-state index in [9.17, 15) is 4.79 Å². The highest BCUT2D eigenvalue weighted by atomic mass is 127. The van der Waals surface area contributed by atoms with Crippen molar-refractivity contribution >= 4 is 35.8 Å². The molecule has 0 unspecified atom stereocenters. The number of guanidine groups is 1. The maximum Gasteiger partial charge on any atom is 0.236 e. The molecule has 0 aromatic rings. The Balaban J connectivity index is 0.00000225. The molecule has 1 aliphatic heterocycles. The van der Waals surface area contributed by atoms with Crippen LogP contribution >= 0.6 is 24.0 Å². The van der Waals surface area contributed by atoms with Gasteiger partial charge in [-0.25, -0.2) is 0 Å². The molecule has 1 aliphatic rings. The highest BCUT2D eigenvalue weighted by molar-refractivity contribution is 14.0. The van der Waals surface area contributed by atoms with Crippen molar-refractivity contribution in [3.63, 3.8) is 0 Å². The average molecular weight is 341 g/mol. The zero-order valence-electron chi connectivity index (χ0n) is 9.77. The number of carbonyl (C=O) groups is 1. The number of hydrogen-bond acceptors (Lipinski definition) is 3. The number of piperazine rings is 1. The fourth-order valence-corrected chi connectivity index (χ4v) is 1.57. The van der Waals surface area contributed by atoms with Crippen molar-refractivity contribution in [3.05, 3.63) is 0 Å². The summed E-state index contributed by atoms with van der Waals surface area (Å²) < 4.78 is 0. The van der Waals surface area contributed by atoms with E-state index in [-0.39, 0.29) is 35.8 Å². The summed E-state index contributed by atoms with van der Waals surface area (Å²) in [4.78, 5) is 17.1. The van der Waals surface area contributed by atoms with E-state index in [1.54, 1.807) is 4.90 Å². The Morgan fingerprint density at radius 2 is 1.69 bits per heavy atom. The van der Waals surface area contributed by atoms with Gasteiger partial charge in [0.05, 0.1) is 6.54 Å². The Labute approximate surface area is 113 Å². The molecule has 0 spiro atoms. The summed E-state index contributed by atoms with van der Waals surface area (Å²) in [7, 11) is 3.76. The summed E-state index contributed by atoms with van der Waals surface area (Å²) >= 11 is 0. The van der Waals surface area contributed by atoms with E-state index < -0.39 is 0 Å². The second kappa shape index (κ2) is 6.89. The summed E-state index contributed by atoms with van der Waals surface area (Å²) in [5.41, 5.74) is 5.37. The summed E-state index contributed by atoms with van der Waals surface area (Å²) in [6.45, 7) is 3.08. The second-order valence-corrected chi connectivity index (χ2v) is 3.99. The van der Waals surface area contributed by atoms with Gasteiger partial charge in [-0.2, -0.15) is 0 Å². The molecule has 1 fully saturated rings. The fourth-order valence-electron chi connectivity index (χ4n) is 1.57. The van der Waals surface area contributed by atoms with Crippen molar-refractivity contribution in [2.24, 2.45) is 5.73 Å². The van der Waals surface area contributed by atoms with E-state index in [1.807, 2.05) is 23.9 Å². The van der Waals surface area contributed by atoms with Crippen LogP contribution in [-0.2, 0) is 4.79 Å². The number of halogens is 1. The third-order valence-corrected chi connectivity index (χ3v) is 2.42. The minimum absolute atomic E-state index is 0. The Bertz CT molecular complexity index is 250. The van der Waals surface area contributed by atoms with Crippen molar-refractivity contribution in [1.29, 1.82) is 5.41 Å². The molecule has 1 rings (SSSR count). The standard InChI is InChI=1S/C9H19N5O.HI/c1-12(2)7-8(15)13-3-5-14(6-4-13)9(10)11;/h3-7H2,1-2H3,(H3,10,11);1H. The lowest BCUT2D eigenvalue weighted by molar-refractivity contribution is -0.133. The molecule has 94 valence electrons. The first-order valence-electron chi connectivity index (χ1n) is 5.02. The second-order valence-electron chi connectivity index (χ2n) is 3.99. The Hall–Kier alpha value is -0.570. The monoisotopic (exact) mass is 341 g/mol. The maximum absolute atomic E-state index is 11.7. The van der Waals surface area contributed by atoms with Gasteiger partial charge in [-0.1, -0.05) is 0 Å². The maximum atomic E-state index is 11.7. The van der Waals surface area contributed by atoms with Crippen LogP contribution in [0.2, 0.25) is 0 Å². The predicted octanol–water partition coefficient (Wildman–Crippen LogP) is -0.796. The molecular weight excluding hydrogens is 321 g/mol. The van der Waals surface area contributed by atoms with Crippen molar-refractivity contribution in [2.75, 3.05) is 46.8 Å². The molecule has 0 saturated carbocycles. The number of rotatable bonds is 2. The van der Waals surface area contributed by atoms with E-state index in [0.717, 1.165) is 0 Å². The van der Waals surface area contributed by atoms with Crippen LogP contribution < -0.4 is 5.73 Å². The van der Waals surface area contributed by atoms with Crippen LogP contribution in [-0.4, -0.2) is 73.4 Å². The highest BCUT2D eigenvalue weighted by Crippen LogP contribution is 2.01. The topological polar surface area (TPSA) is 76.7 Å². The van der Waals surface area contributed by atoms with Gasteiger partial charge in [0.2, 0.25) is 5.91 Å². The first kappa shape index (κ1) is 15.4.